The Labute approximate surface area is 143 Å². The van der Waals surface area contributed by atoms with Gasteiger partial charge >= 0.3 is 6.03 Å². The summed E-state index contributed by atoms with van der Waals surface area (Å²) >= 11 is 9.29. The van der Waals surface area contributed by atoms with Crippen molar-refractivity contribution >= 4 is 39.2 Å². The fourth-order valence-electron chi connectivity index (χ4n) is 2.47. The standard InChI is InChI=1S/C17H16BrClN2O/c1-21(14-8-4-12(18)5-9-14)17(22)20-16-10-15(16)11-2-6-13(19)7-3-11/h2-9,15-16H,10H2,1H3,(H,20,22)/t15-,16+/m0/s1. The number of carbonyl (C=O) groups is 1. The van der Waals surface area contributed by atoms with Gasteiger partial charge in [0.2, 0.25) is 0 Å². The average Bonchev–Trinajstić information content (AvgIpc) is 3.27. The molecule has 5 heteroatoms. The van der Waals surface area contributed by atoms with Gasteiger partial charge in [-0.3, -0.25) is 4.90 Å². The molecule has 2 aromatic rings. The number of nitrogens with zero attached hydrogens (tertiary/aromatic N) is 1. The minimum atomic E-state index is -0.0798. The van der Waals surface area contributed by atoms with E-state index in [1.807, 2.05) is 48.5 Å². The summed E-state index contributed by atoms with van der Waals surface area (Å²) in [6.07, 6.45) is 0.974. The molecule has 2 aromatic carbocycles. The number of nitrogens with one attached hydrogen (secondary N) is 1. The first kappa shape index (κ1) is 15.4. The highest BCUT2D eigenvalue weighted by atomic mass is 79.9. The van der Waals surface area contributed by atoms with E-state index in [1.54, 1.807) is 11.9 Å². The Hall–Kier alpha value is -1.52. The van der Waals surface area contributed by atoms with Gasteiger partial charge in [0.15, 0.2) is 0 Å². The summed E-state index contributed by atoms with van der Waals surface area (Å²) in [5.74, 6) is 0.388. The van der Waals surface area contributed by atoms with E-state index in [1.165, 1.54) is 5.56 Å². The van der Waals surface area contributed by atoms with Crippen LogP contribution in [0, 0.1) is 0 Å². The van der Waals surface area contributed by atoms with Gasteiger partial charge in [0.25, 0.3) is 0 Å². The van der Waals surface area contributed by atoms with Crippen LogP contribution in [0.1, 0.15) is 17.9 Å². The molecule has 3 rings (SSSR count). The number of benzene rings is 2. The molecule has 1 N–H and O–H groups in total. The van der Waals surface area contributed by atoms with Crippen molar-refractivity contribution in [2.24, 2.45) is 0 Å². The summed E-state index contributed by atoms with van der Waals surface area (Å²) in [7, 11) is 1.78. The van der Waals surface area contributed by atoms with E-state index in [4.69, 9.17) is 11.6 Å². The number of halogens is 2. The van der Waals surface area contributed by atoms with Crippen molar-refractivity contribution < 1.29 is 4.79 Å². The van der Waals surface area contributed by atoms with Crippen molar-refractivity contribution in [1.29, 1.82) is 0 Å². The van der Waals surface area contributed by atoms with Crippen LogP contribution in [0.5, 0.6) is 0 Å². The number of amides is 2. The molecule has 1 saturated carbocycles. The molecular weight excluding hydrogens is 364 g/mol. The third-order valence-corrected chi connectivity index (χ3v) is 4.70. The van der Waals surface area contributed by atoms with E-state index in [-0.39, 0.29) is 12.1 Å². The second-order valence-electron chi connectivity index (χ2n) is 5.49. The van der Waals surface area contributed by atoms with Crippen LogP contribution >= 0.6 is 27.5 Å². The number of anilines is 1. The Balaban J connectivity index is 1.59. The lowest BCUT2D eigenvalue weighted by atomic mass is 10.1. The summed E-state index contributed by atoms with van der Waals surface area (Å²) in [5, 5.41) is 3.81. The van der Waals surface area contributed by atoms with E-state index in [0.717, 1.165) is 21.6 Å². The SMILES string of the molecule is CN(C(=O)N[C@@H]1C[C@H]1c1ccc(Cl)cc1)c1ccc(Br)cc1. The molecule has 0 bridgehead atoms. The molecule has 0 spiro atoms. The van der Waals surface area contributed by atoms with Crippen molar-refractivity contribution in [3.8, 4) is 0 Å². The van der Waals surface area contributed by atoms with Gasteiger partial charge in [0.05, 0.1) is 0 Å². The van der Waals surface area contributed by atoms with Crippen molar-refractivity contribution in [2.75, 3.05) is 11.9 Å². The first-order valence-corrected chi connectivity index (χ1v) is 8.27. The molecule has 1 aliphatic carbocycles. The number of hydrogen-bond acceptors (Lipinski definition) is 1. The molecule has 0 aliphatic heterocycles. The molecular formula is C17H16BrClN2O. The van der Waals surface area contributed by atoms with Crippen molar-refractivity contribution in [3.05, 3.63) is 63.6 Å². The first-order valence-electron chi connectivity index (χ1n) is 7.10. The van der Waals surface area contributed by atoms with Gasteiger partial charge in [0.1, 0.15) is 0 Å². The molecule has 0 unspecified atom stereocenters. The lowest BCUT2D eigenvalue weighted by molar-refractivity contribution is 0.247. The van der Waals surface area contributed by atoms with E-state index in [9.17, 15) is 4.79 Å². The van der Waals surface area contributed by atoms with Crippen molar-refractivity contribution in [1.82, 2.24) is 5.32 Å². The summed E-state index contributed by atoms with van der Waals surface area (Å²) < 4.78 is 0.995. The van der Waals surface area contributed by atoms with Gasteiger partial charge < -0.3 is 5.32 Å². The lowest BCUT2D eigenvalue weighted by Crippen LogP contribution is -2.38. The van der Waals surface area contributed by atoms with Gasteiger partial charge in [-0.05, 0) is 48.4 Å². The lowest BCUT2D eigenvalue weighted by Gasteiger charge is -2.18. The second kappa shape index (κ2) is 6.31. The fourth-order valence-corrected chi connectivity index (χ4v) is 2.86. The average molecular weight is 380 g/mol. The van der Waals surface area contributed by atoms with Gasteiger partial charge in [0, 0.05) is 34.2 Å². The predicted molar refractivity (Wildman–Crippen MR) is 93.7 cm³/mol. The third-order valence-electron chi connectivity index (χ3n) is 3.92. The minimum absolute atomic E-state index is 0.0798. The van der Waals surface area contributed by atoms with Crippen molar-refractivity contribution in [2.45, 2.75) is 18.4 Å². The highest BCUT2D eigenvalue weighted by Crippen LogP contribution is 2.41. The van der Waals surface area contributed by atoms with E-state index < -0.39 is 0 Å². The number of rotatable bonds is 3. The number of carbonyl (C=O) groups excluding carboxylic acids is 1. The van der Waals surface area contributed by atoms with Crippen LogP contribution in [0.15, 0.2) is 53.0 Å². The van der Waals surface area contributed by atoms with Crippen LogP contribution in [-0.4, -0.2) is 19.1 Å². The van der Waals surface area contributed by atoms with Gasteiger partial charge in [-0.1, -0.05) is 39.7 Å². The van der Waals surface area contributed by atoms with Gasteiger partial charge in [-0.2, -0.15) is 0 Å². The maximum absolute atomic E-state index is 12.3. The van der Waals surface area contributed by atoms with Crippen LogP contribution in [0.3, 0.4) is 0 Å². The van der Waals surface area contributed by atoms with Crippen LogP contribution < -0.4 is 10.2 Å². The second-order valence-corrected chi connectivity index (χ2v) is 6.84. The largest absolute Gasteiger partial charge is 0.334 e. The predicted octanol–water partition coefficient (Wildman–Crippen LogP) is 4.80. The van der Waals surface area contributed by atoms with Crippen molar-refractivity contribution in [3.63, 3.8) is 0 Å². The molecule has 0 saturated heterocycles. The molecule has 22 heavy (non-hydrogen) atoms. The Morgan fingerprint density at radius 2 is 1.82 bits per heavy atom. The van der Waals surface area contributed by atoms with E-state index in [0.29, 0.717) is 5.92 Å². The topological polar surface area (TPSA) is 32.3 Å². The molecule has 0 radical (unpaired) electrons. The number of hydrogen-bond donors (Lipinski definition) is 1. The quantitative estimate of drug-likeness (QED) is 0.816. The first-order chi connectivity index (χ1) is 10.5. The zero-order valence-corrected chi connectivity index (χ0v) is 14.4. The smallest absolute Gasteiger partial charge is 0.321 e. The summed E-state index contributed by atoms with van der Waals surface area (Å²) in [4.78, 5) is 13.9. The molecule has 114 valence electrons. The molecule has 3 nitrogen and oxygen atoms in total. The maximum Gasteiger partial charge on any atom is 0.321 e. The molecule has 1 aliphatic rings. The highest BCUT2D eigenvalue weighted by Gasteiger charge is 2.39. The third kappa shape index (κ3) is 3.45. The fraction of sp³-hybridized carbons (Fsp3) is 0.235. The van der Waals surface area contributed by atoms with Crippen LogP contribution in [0.25, 0.3) is 0 Å². The molecule has 0 heterocycles. The zero-order valence-electron chi connectivity index (χ0n) is 12.1. The Kier molecular flexibility index (Phi) is 4.41. The van der Waals surface area contributed by atoms with Gasteiger partial charge in [-0.25, -0.2) is 4.79 Å². The molecule has 2 atom stereocenters. The molecule has 2 amide bonds. The highest BCUT2D eigenvalue weighted by molar-refractivity contribution is 9.10. The van der Waals surface area contributed by atoms with Crippen LogP contribution in [0.4, 0.5) is 10.5 Å². The van der Waals surface area contributed by atoms with Gasteiger partial charge in [-0.15, -0.1) is 0 Å². The molecule has 0 aromatic heterocycles. The van der Waals surface area contributed by atoms with Crippen LogP contribution in [0.2, 0.25) is 5.02 Å². The Morgan fingerprint density at radius 1 is 1.18 bits per heavy atom. The van der Waals surface area contributed by atoms with Crippen LogP contribution in [-0.2, 0) is 0 Å². The Morgan fingerprint density at radius 3 is 2.45 bits per heavy atom. The number of urea groups is 1. The van der Waals surface area contributed by atoms with E-state index >= 15 is 0 Å². The zero-order chi connectivity index (χ0) is 15.7. The molecule has 1 fully saturated rings. The Bertz CT molecular complexity index is 672. The summed E-state index contributed by atoms with van der Waals surface area (Å²) in [6, 6.07) is 15.6. The summed E-state index contributed by atoms with van der Waals surface area (Å²) in [6.45, 7) is 0. The van der Waals surface area contributed by atoms with E-state index in [2.05, 4.69) is 21.2 Å². The monoisotopic (exact) mass is 378 g/mol. The normalized spacial score (nSPS) is 19.6. The summed E-state index contributed by atoms with van der Waals surface area (Å²) in [5.41, 5.74) is 2.09. The minimum Gasteiger partial charge on any atom is -0.334 e. The maximum atomic E-state index is 12.3.